The minimum absolute atomic E-state index is 0.726. The first-order valence-corrected chi connectivity index (χ1v) is 10.4. The Morgan fingerprint density at radius 2 is 2.17 bits per heavy atom. The molecule has 0 atom stereocenters. The number of allylic oxidation sites excluding steroid dienone is 1. The molecule has 6 heteroatoms. The number of imidazole rings is 1. The Morgan fingerprint density at radius 1 is 1.41 bits per heavy atom. The van der Waals surface area contributed by atoms with E-state index in [9.17, 15) is 0 Å². The van der Waals surface area contributed by atoms with Gasteiger partial charge in [0.05, 0.1) is 18.1 Å². The van der Waals surface area contributed by atoms with Crippen LogP contribution in [0.5, 0.6) is 5.75 Å². The van der Waals surface area contributed by atoms with E-state index in [-0.39, 0.29) is 0 Å². The van der Waals surface area contributed by atoms with Crippen molar-refractivity contribution in [2.45, 2.75) is 43.3 Å². The van der Waals surface area contributed by atoms with E-state index in [4.69, 9.17) is 16.1 Å². The smallest absolute Gasteiger partial charge is 0.174 e. The molecule has 0 radical (unpaired) electrons. The molecule has 0 aliphatic heterocycles. The van der Waals surface area contributed by atoms with Crippen LogP contribution in [0.3, 0.4) is 0 Å². The molecule has 0 aliphatic rings. The molecule has 154 valence electrons. The fourth-order valence-electron chi connectivity index (χ4n) is 2.99. The van der Waals surface area contributed by atoms with Crippen molar-refractivity contribution in [2.75, 3.05) is 26.5 Å². The van der Waals surface area contributed by atoms with E-state index in [1.807, 2.05) is 27.1 Å². The zero-order chi connectivity index (χ0) is 21.4. The number of aryl methyl sites for hydroxylation is 1. The van der Waals surface area contributed by atoms with Crippen molar-refractivity contribution in [3.8, 4) is 18.1 Å². The zero-order valence-corrected chi connectivity index (χ0v) is 18.7. The molecule has 0 amide bonds. The summed E-state index contributed by atoms with van der Waals surface area (Å²) < 4.78 is 7.76. The van der Waals surface area contributed by atoms with E-state index in [0.29, 0.717) is 0 Å². The third-order valence-corrected chi connectivity index (χ3v) is 5.80. The van der Waals surface area contributed by atoms with Crippen LogP contribution in [-0.2, 0) is 6.54 Å². The minimum atomic E-state index is 0.726. The largest absolute Gasteiger partial charge is 0.495 e. The molecular weight excluding hydrogens is 380 g/mol. The standard InChI is InChI=1S/C23H30N4OS/c1-8-10-11-13-27-19(12-9-2)22(17(4)24-5)26-23(27)29-21-15-20(28-7)18(25-6)14-16(21)3/h1,9,12,14-15,24-25H,2,10-11,13H2,3-7H3/b19-12+,22-17-. The lowest BCUT2D eigenvalue weighted by molar-refractivity contribution is 0.415. The molecule has 29 heavy (non-hydrogen) atoms. The van der Waals surface area contributed by atoms with Crippen molar-refractivity contribution in [2.24, 2.45) is 0 Å². The van der Waals surface area contributed by atoms with Crippen LogP contribution in [0.15, 0.2) is 34.8 Å². The average Bonchev–Trinajstić information content (AvgIpc) is 3.06. The first-order valence-electron chi connectivity index (χ1n) is 9.56. The molecule has 0 fully saturated rings. The Balaban J connectivity index is 2.65. The van der Waals surface area contributed by atoms with Crippen LogP contribution in [0.1, 0.15) is 25.3 Å². The van der Waals surface area contributed by atoms with Gasteiger partial charge in [-0.1, -0.05) is 24.4 Å². The third kappa shape index (κ3) is 5.18. The first-order chi connectivity index (χ1) is 14.0. The molecule has 0 spiro atoms. The summed E-state index contributed by atoms with van der Waals surface area (Å²) in [6, 6.07) is 4.15. The number of terminal acetylenes is 1. The van der Waals surface area contributed by atoms with Gasteiger partial charge in [0, 0.05) is 37.7 Å². The molecule has 0 saturated heterocycles. The number of methoxy groups -OCH3 is 1. The second-order valence-corrected chi connectivity index (χ2v) is 7.54. The van der Waals surface area contributed by atoms with E-state index >= 15 is 0 Å². The van der Waals surface area contributed by atoms with Gasteiger partial charge in [-0.2, -0.15) is 0 Å². The minimum Gasteiger partial charge on any atom is -0.495 e. The highest BCUT2D eigenvalue weighted by molar-refractivity contribution is 7.99. The molecule has 1 aromatic heterocycles. The van der Waals surface area contributed by atoms with Crippen molar-refractivity contribution in [1.29, 1.82) is 0 Å². The number of hydrogen-bond donors (Lipinski definition) is 2. The number of benzene rings is 1. The van der Waals surface area contributed by atoms with Crippen molar-refractivity contribution in [1.82, 2.24) is 14.9 Å². The fraction of sp³-hybridized carbons (Fsp3) is 0.348. The van der Waals surface area contributed by atoms with Crippen LogP contribution in [0, 0.1) is 19.3 Å². The molecule has 0 saturated carbocycles. The highest BCUT2D eigenvalue weighted by atomic mass is 32.2. The number of ether oxygens (including phenoxy) is 1. The lowest BCUT2D eigenvalue weighted by atomic mass is 10.2. The normalized spacial score (nSPS) is 12.3. The van der Waals surface area contributed by atoms with Gasteiger partial charge in [0.2, 0.25) is 0 Å². The molecule has 0 aliphatic carbocycles. The first kappa shape index (κ1) is 22.5. The lowest BCUT2D eigenvalue weighted by Crippen LogP contribution is -2.34. The van der Waals surface area contributed by atoms with Gasteiger partial charge < -0.3 is 19.9 Å². The van der Waals surface area contributed by atoms with Crippen LogP contribution in [0.4, 0.5) is 5.69 Å². The van der Waals surface area contributed by atoms with Gasteiger partial charge in [0.1, 0.15) is 11.1 Å². The third-order valence-electron chi connectivity index (χ3n) is 4.65. The highest BCUT2D eigenvalue weighted by Gasteiger charge is 2.14. The Bertz CT molecular complexity index is 1030. The van der Waals surface area contributed by atoms with Crippen LogP contribution >= 0.6 is 11.8 Å². The number of anilines is 1. The van der Waals surface area contributed by atoms with Crippen LogP contribution in [-0.4, -0.2) is 30.8 Å². The second kappa shape index (κ2) is 10.7. The van der Waals surface area contributed by atoms with Gasteiger partial charge in [-0.15, -0.1) is 12.3 Å². The van der Waals surface area contributed by atoms with Crippen LogP contribution in [0.2, 0.25) is 0 Å². The summed E-state index contributed by atoms with van der Waals surface area (Å²) in [4.78, 5) is 6.05. The molecule has 1 aromatic carbocycles. The number of aromatic nitrogens is 2. The number of rotatable bonds is 9. The Morgan fingerprint density at radius 3 is 2.76 bits per heavy atom. The molecule has 1 heterocycles. The van der Waals surface area contributed by atoms with Crippen molar-refractivity contribution in [3.05, 3.63) is 41.0 Å². The maximum absolute atomic E-state index is 5.54. The van der Waals surface area contributed by atoms with Gasteiger partial charge in [-0.3, -0.25) is 0 Å². The summed E-state index contributed by atoms with van der Waals surface area (Å²) in [6.45, 7) is 8.79. The zero-order valence-electron chi connectivity index (χ0n) is 17.9. The maximum atomic E-state index is 5.54. The van der Waals surface area contributed by atoms with Crippen molar-refractivity contribution in [3.63, 3.8) is 0 Å². The summed E-state index contributed by atoms with van der Waals surface area (Å²) in [5, 5.41) is 9.26. The molecule has 0 unspecified atom stereocenters. The Kier molecular flexibility index (Phi) is 8.29. The van der Waals surface area contributed by atoms with E-state index in [2.05, 4.69) is 46.8 Å². The van der Waals surface area contributed by atoms with Gasteiger partial charge in [0.15, 0.2) is 5.16 Å². The predicted molar refractivity (Wildman–Crippen MR) is 124 cm³/mol. The molecule has 0 bridgehead atoms. The number of hydrogen-bond acceptors (Lipinski definition) is 5. The molecule has 2 rings (SSSR count). The Hall–Kier alpha value is -2.78. The van der Waals surface area contributed by atoms with Crippen molar-refractivity contribution >= 4 is 29.2 Å². The van der Waals surface area contributed by atoms with Gasteiger partial charge in [0.25, 0.3) is 0 Å². The lowest BCUT2D eigenvalue weighted by Gasteiger charge is -2.13. The van der Waals surface area contributed by atoms with Gasteiger partial charge >= 0.3 is 0 Å². The number of unbranched alkanes of at least 4 members (excludes halogenated alkanes) is 1. The van der Waals surface area contributed by atoms with E-state index in [1.54, 1.807) is 24.9 Å². The topological polar surface area (TPSA) is 51.1 Å². The second-order valence-electron chi connectivity index (χ2n) is 6.53. The Labute approximate surface area is 178 Å². The van der Waals surface area contributed by atoms with Gasteiger partial charge in [-0.25, -0.2) is 4.98 Å². The van der Waals surface area contributed by atoms with E-state index in [0.717, 1.165) is 62.8 Å². The summed E-state index contributed by atoms with van der Waals surface area (Å²) in [5.41, 5.74) is 3.13. The fourth-order valence-corrected chi connectivity index (χ4v) is 4.01. The summed E-state index contributed by atoms with van der Waals surface area (Å²) in [5.74, 6) is 3.53. The average molecular weight is 411 g/mol. The van der Waals surface area contributed by atoms with Gasteiger partial charge in [-0.05, 0) is 44.0 Å². The SMILES string of the molecule is C#CCCCn1c(Sc2cc(OC)c(NC)cc2C)nc(=C(/C)NC)/c1=C\C=C. The quantitative estimate of drug-likeness (QED) is 0.491. The molecule has 5 nitrogen and oxygen atoms in total. The molecule has 2 N–H and O–H groups in total. The van der Waals surface area contributed by atoms with E-state index in [1.165, 1.54) is 0 Å². The molecule has 2 aromatic rings. The highest BCUT2D eigenvalue weighted by Crippen LogP contribution is 2.35. The monoisotopic (exact) mass is 410 g/mol. The predicted octanol–water partition coefficient (Wildman–Crippen LogP) is 3.12. The summed E-state index contributed by atoms with van der Waals surface area (Å²) in [7, 11) is 5.48. The van der Waals surface area contributed by atoms with Crippen LogP contribution in [0.25, 0.3) is 11.8 Å². The molecular formula is C23H30N4OS. The summed E-state index contributed by atoms with van der Waals surface area (Å²) >= 11 is 1.63. The van der Waals surface area contributed by atoms with Crippen molar-refractivity contribution < 1.29 is 4.74 Å². The number of nitrogens with one attached hydrogen (secondary N) is 2. The van der Waals surface area contributed by atoms with Crippen LogP contribution < -0.4 is 26.1 Å². The summed E-state index contributed by atoms with van der Waals surface area (Å²) in [6.07, 6.45) is 10.9. The maximum Gasteiger partial charge on any atom is 0.174 e. The number of nitrogens with zero attached hydrogens (tertiary/aromatic N) is 2. The van der Waals surface area contributed by atoms with E-state index < -0.39 is 0 Å².